The van der Waals surface area contributed by atoms with Gasteiger partial charge in [0.1, 0.15) is 0 Å². The molecular formula is C15H15F2N3O2. The molecule has 0 aliphatic carbocycles. The number of benzene rings is 1. The number of fused-ring (bicyclic) bond motifs is 3. The molecule has 2 N–H and O–H groups in total. The molecule has 1 aliphatic heterocycles. The molecule has 0 bridgehead atoms. The fourth-order valence-electron chi connectivity index (χ4n) is 2.96. The van der Waals surface area contributed by atoms with Crippen molar-refractivity contribution in [3.05, 3.63) is 45.4 Å². The van der Waals surface area contributed by atoms with Gasteiger partial charge in [-0.25, -0.2) is 8.78 Å². The highest BCUT2D eigenvalue weighted by Gasteiger charge is 2.29. The van der Waals surface area contributed by atoms with E-state index in [2.05, 4.69) is 10.3 Å². The predicted octanol–water partition coefficient (Wildman–Crippen LogP) is 1.43. The summed E-state index contributed by atoms with van der Waals surface area (Å²) < 4.78 is 27.0. The fraction of sp³-hybridized carbons (Fsp3) is 0.333. The summed E-state index contributed by atoms with van der Waals surface area (Å²) in [4.78, 5) is 28.0. The van der Waals surface area contributed by atoms with Crippen LogP contribution in [-0.2, 0) is 11.3 Å². The lowest BCUT2D eigenvalue weighted by Gasteiger charge is -2.34. The third kappa shape index (κ3) is 2.18. The number of aromatic amines is 1. The number of nitrogens with one attached hydrogen (secondary N) is 2. The zero-order valence-corrected chi connectivity index (χ0v) is 12.2. The number of hydrogen-bond acceptors (Lipinski definition) is 3. The van der Waals surface area contributed by atoms with Crippen molar-refractivity contribution >= 4 is 16.7 Å². The van der Waals surface area contributed by atoms with E-state index >= 15 is 0 Å². The van der Waals surface area contributed by atoms with Crippen molar-refractivity contribution in [1.82, 2.24) is 15.2 Å². The summed E-state index contributed by atoms with van der Waals surface area (Å²) in [6.45, 7) is 2.10. The first-order chi connectivity index (χ1) is 10.4. The Morgan fingerprint density at radius 1 is 1.32 bits per heavy atom. The van der Waals surface area contributed by atoms with Crippen molar-refractivity contribution in [2.24, 2.45) is 0 Å². The summed E-state index contributed by atoms with van der Waals surface area (Å²) in [7, 11) is 1.72. The largest absolute Gasteiger partial charge is 0.335 e. The van der Waals surface area contributed by atoms with E-state index in [9.17, 15) is 18.4 Å². The molecule has 0 saturated heterocycles. The number of hydrogen-bond donors (Lipinski definition) is 2. The molecule has 5 nitrogen and oxygen atoms in total. The lowest BCUT2D eigenvalue weighted by atomic mass is 9.94. The number of halogens is 2. The summed E-state index contributed by atoms with van der Waals surface area (Å²) in [5.41, 5.74) is 0.755. The molecule has 116 valence electrons. The van der Waals surface area contributed by atoms with E-state index in [0.717, 1.165) is 12.1 Å². The Morgan fingerprint density at radius 3 is 2.55 bits per heavy atom. The first-order valence-corrected chi connectivity index (χ1v) is 6.89. The van der Waals surface area contributed by atoms with Crippen LogP contribution in [0.15, 0.2) is 16.9 Å². The molecule has 1 atom stereocenters. The summed E-state index contributed by atoms with van der Waals surface area (Å²) in [5.74, 6) is -2.17. The minimum atomic E-state index is -1.06. The number of carbonyl (C=O) groups excluding carboxylic acids is 1. The monoisotopic (exact) mass is 307 g/mol. The van der Waals surface area contributed by atoms with Crippen LogP contribution in [0.25, 0.3) is 10.8 Å². The molecule has 2 aromatic rings. The summed E-state index contributed by atoms with van der Waals surface area (Å²) in [6, 6.07) is 1.69. The van der Waals surface area contributed by atoms with Gasteiger partial charge >= 0.3 is 0 Å². The quantitative estimate of drug-likeness (QED) is 0.837. The molecule has 1 aromatic heterocycles. The van der Waals surface area contributed by atoms with E-state index in [0.29, 0.717) is 23.2 Å². The molecule has 0 radical (unpaired) electrons. The zero-order chi connectivity index (χ0) is 16.0. The maximum atomic E-state index is 13.6. The second-order valence-electron chi connectivity index (χ2n) is 5.40. The van der Waals surface area contributed by atoms with Crippen LogP contribution in [-0.4, -0.2) is 29.4 Å². The SMILES string of the molecule is CN[C@H]1CN(C(C)=O)Cc2[nH]c(=O)c3cc(F)c(F)cc3c21. The average molecular weight is 307 g/mol. The third-order valence-corrected chi connectivity index (χ3v) is 4.08. The maximum absolute atomic E-state index is 13.6. The zero-order valence-electron chi connectivity index (χ0n) is 12.2. The van der Waals surface area contributed by atoms with Crippen LogP contribution in [0.4, 0.5) is 8.78 Å². The van der Waals surface area contributed by atoms with Gasteiger partial charge in [-0.05, 0) is 24.6 Å². The van der Waals surface area contributed by atoms with Gasteiger partial charge in [0.2, 0.25) is 5.91 Å². The van der Waals surface area contributed by atoms with Crippen LogP contribution in [0.5, 0.6) is 0 Å². The first kappa shape index (κ1) is 14.6. The van der Waals surface area contributed by atoms with Gasteiger partial charge in [-0.1, -0.05) is 0 Å². The molecule has 0 unspecified atom stereocenters. The molecule has 1 aliphatic rings. The topological polar surface area (TPSA) is 65.2 Å². The highest BCUT2D eigenvalue weighted by atomic mass is 19.2. The molecule has 0 spiro atoms. The lowest BCUT2D eigenvalue weighted by molar-refractivity contribution is -0.130. The Hall–Kier alpha value is -2.28. The van der Waals surface area contributed by atoms with Crippen LogP contribution in [0, 0.1) is 11.6 Å². The Kier molecular flexibility index (Phi) is 3.44. The maximum Gasteiger partial charge on any atom is 0.256 e. The number of nitrogens with zero attached hydrogens (tertiary/aromatic N) is 1. The van der Waals surface area contributed by atoms with Crippen molar-refractivity contribution in [3.63, 3.8) is 0 Å². The molecule has 0 fully saturated rings. The Bertz CT molecular complexity index is 832. The smallest absolute Gasteiger partial charge is 0.256 e. The Balaban J connectivity index is 2.31. The molecule has 2 heterocycles. The van der Waals surface area contributed by atoms with E-state index in [-0.39, 0.29) is 23.9 Å². The number of aromatic nitrogens is 1. The Labute approximate surface area is 124 Å². The van der Waals surface area contributed by atoms with Crippen molar-refractivity contribution in [2.75, 3.05) is 13.6 Å². The molecule has 22 heavy (non-hydrogen) atoms. The van der Waals surface area contributed by atoms with E-state index in [4.69, 9.17) is 0 Å². The van der Waals surface area contributed by atoms with E-state index in [1.807, 2.05) is 0 Å². The normalized spacial score (nSPS) is 17.6. The van der Waals surface area contributed by atoms with Gasteiger partial charge in [0.25, 0.3) is 5.56 Å². The number of rotatable bonds is 1. The molecular weight excluding hydrogens is 292 g/mol. The molecule has 1 amide bonds. The second-order valence-corrected chi connectivity index (χ2v) is 5.40. The average Bonchev–Trinajstić information content (AvgIpc) is 2.48. The van der Waals surface area contributed by atoms with Crippen molar-refractivity contribution in [2.45, 2.75) is 19.5 Å². The van der Waals surface area contributed by atoms with Crippen LogP contribution in [0.2, 0.25) is 0 Å². The number of likely N-dealkylation sites (N-methyl/N-ethyl adjacent to an activating group) is 1. The van der Waals surface area contributed by atoms with Crippen LogP contribution >= 0.6 is 0 Å². The van der Waals surface area contributed by atoms with Gasteiger partial charge < -0.3 is 15.2 Å². The number of pyridine rings is 1. The van der Waals surface area contributed by atoms with Gasteiger partial charge in [-0.3, -0.25) is 9.59 Å². The Morgan fingerprint density at radius 2 is 1.95 bits per heavy atom. The number of amides is 1. The minimum absolute atomic E-state index is 0.106. The minimum Gasteiger partial charge on any atom is -0.335 e. The van der Waals surface area contributed by atoms with E-state index in [1.165, 1.54) is 6.92 Å². The predicted molar refractivity (Wildman–Crippen MR) is 77.4 cm³/mol. The van der Waals surface area contributed by atoms with Crippen LogP contribution < -0.4 is 10.9 Å². The van der Waals surface area contributed by atoms with Crippen molar-refractivity contribution in [3.8, 4) is 0 Å². The molecule has 1 aromatic carbocycles. The van der Waals surface area contributed by atoms with Gasteiger partial charge in [-0.15, -0.1) is 0 Å². The fourth-order valence-corrected chi connectivity index (χ4v) is 2.96. The van der Waals surface area contributed by atoms with Crippen molar-refractivity contribution < 1.29 is 13.6 Å². The number of carbonyl (C=O) groups is 1. The highest BCUT2D eigenvalue weighted by molar-refractivity contribution is 5.87. The van der Waals surface area contributed by atoms with Gasteiger partial charge in [0, 0.05) is 24.7 Å². The second kappa shape index (κ2) is 5.17. The summed E-state index contributed by atoms with van der Waals surface area (Å²) in [5, 5.41) is 3.54. The lowest BCUT2D eigenvalue weighted by Crippen LogP contribution is -2.42. The first-order valence-electron chi connectivity index (χ1n) is 6.89. The third-order valence-electron chi connectivity index (χ3n) is 4.08. The molecule has 3 rings (SSSR count). The van der Waals surface area contributed by atoms with Gasteiger partial charge in [0.05, 0.1) is 18.0 Å². The summed E-state index contributed by atoms with van der Waals surface area (Å²) in [6.07, 6.45) is 0. The van der Waals surface area contributed by atoms with E-state index < -0.39 is 17.2 Å². The summed E-state index contributed by atoms with van der Waals surface area (Å²) >= 11 is 0. The van der Waals surface area contributed by atoms with Crippen molar-refractivity contribution in [1.29, 1.82) is 0 Å². The standard InChI is InChI=1S/C15H15F2N3O2/c1-7(21)20-5-12(18-2)14-8-3-10(16)11(17)4-9(8)15(22)19-13(14)6-20/h3-4,12,18H,5-6H2,1-2H3,(H,19,22)/t12-/m0/s1. The van der Waals surface area contributed by atoms with Crippen LogP contribution in [0.1, 0.15) is 24.2 Å². The molecule has 0 saturated carbocycles. The van der Waals surface area contributed by atoms with Gasteiger partial charge in [0.15, 0.2) is 11.6 Å². The number of H-pyrrole nitrogens is 1. The van der Waals surface area contributed by atoms with E-state index in [1.54, 1.807) is 11.9 Å². The van der Waals surface area contributed by atoms with Crippen LogP contribution in [0.3, 0.4) is 0 Å². The molecule has 7 heteroatoms. The van der Waals surface area contributed by atoms with Gasteiger partial charge in [-0.2, -0.15) is 0 Å². The highest BCUT2D eigenvalue weighted by Crippen LogP contribution is 2.31.